The largest absolute Gasteiger partial charge is 0.491 e. The van der Waals surface area contributed by atoms with E-state index in [9.17, 15) is 14.7 Å². The highest BCUT2D eigenvalue weighted by Crippen LogP contribution is 2.15. The molecule has 3 aromatic rings. The Morgan fingerprint density at radius 2 is 2.23 bits per heavy atom. The highest BCUT2D eigenvalue weighted by Gasteiger charge is 2.12. The average Bonchev–Trinajstić information content (AvgIpc) is 3.12. The van der Waals surface area contributed by atoms with Crippen LogP contribution in [0.1, 0.15) is 17.3 Å². The summed E-state index contributed by atoms with van der Waals surface area (Å²) in [4.78, 5) is 28.9. The zero-order chi connectivity index (χ0) is 18.5. The molecule has 0 fully saturated rings. The van der Waals surface area contributed by atoms with Gasteiger partial charge in [-0.1, -0.05) is 6.07 Å². The summed E-state index contributed by atoms with van der Waals surface area (Å²) in [6, 6.07) is 8.25. The summed E-state index contributed by atoms with van der Waals surface area (Å²) < 4.78 is 11.8. The molecule has 0 aliphatic carbocycles. The molecular weight excluding hydrogens is 356 g/mol. The van der Waals surface area contributed by atoms with Crippen LogP contribution < -0.4 is 10.3 Å². The monoisotopic (exact) mass is 374 g/mol. The van der Waals surface area contributed by atoms with E-state index < -0.39 is 12.1 Å². The van der Waals surface area contributed by atoms with Crippen molar-refractivity contribution in [1.82, 2.24) is 9.55 Å². The molecule has 0 aliphatic rings. The number of thiophene rings is 1. The number of aliphatic hydroxyl groups is 1. The van der Waals surface area contributed by atoms with Crippen molar-refractivity contribution in [2.45, 2.75) is 19.6 Å². The van der Waals surface area contributed by atoms with Gasteiger partial charge in [0.15, 0.2) is 0 Å². The van der Waals surface area contributed by atoms with Gasteiger partial charge in [0.1, 0.15) is 23.3 Å². The van der Waals surface area contributed by atoms with Crippen LogP contribution in [0.3, 0.4) is 0 Å². The molecule has 8 heteroatoms. The fourth-order valence-electron chi connectivity index (χ4n) is 2.42. The first-order valence-electron chi connectivity index (χ1n) is 8.09. The lowest BCUT2D eigenvalue weighted by atomic mass is 10.2. The Labute approximate surface area is 153 Å². The Morgan fingerprint density at radius 1 is 1.38 bits per heavy atom. The van der Waals surface area contributed by atoms with Gasteiger partial charge in [0.2, 0.25) is 0 Å². The summed E-state index contributed by atoms with van der Waals surface area (Å²) in [6.45, 7) is 2.06. The number of esters is 1. The first-order valence-corrected chi connectivity index (χ1v) is 8.97. The zero-order valence-corrected chi connectivity index (χ0v) is 14.9. The van der Waals surface area contributed by atoms with Gasteiger partial charge in [-0.05, 0) is 36.6 Å². The number of nitrogens with zero attached hydrogens (tertiary/aromatic N) is 2. The predicted octanol–water partition coefficient (Wildman–Crippen LogP) is 2.07. The molecule has 0 radical (unpaired) electrons. The Hall–Kier alpha value is -2.71. The van der Waals surface area contributed by atoms with E-state index in [4.69, 9.17) is 9.47 Å². The van der Waals surface area contributed by atoms with Crippen LogP contribution in [-0.2, 0) is 11.3 Å². The maximum atomic E-state index is 12.3. The molecule has 0 spiro atoms. The number of rotatable bonds is 7. The number of aliphatic hydroxyl groups excluding tert-OH is 1. The van der Waals surface area contributed by atoms with Gasteiger partial charge in [0.25, 0.3) is 5.56 Å². The second-order valence-electron chi connectivity index (χ2n) is 5.55. The van der Waals surface area contributed by atoms with E-state index in [1.165, 1.54) is 22.2 Å². The van der Waals surface area contributed by atoms with Crippen LogP contribution in [0, 0.1) is 0 Å². The predicted molar refractivity (Wildman–Crippen MR) is 97.8 cm³/mol. The summed E-state index contributed by atoms with van der Waals surface area (Å²) >= 11 is 1.39. The summed E-state index contributed by atoms with van der Waals surface area (Å²) in [6.07, 6.45) is 0.517. The van der Waals surface area contributed by atoms with Gasteiger partial charge in [-0.2, -0.15) is 0 Å². The van der Waals surface area contributed by atoms with Gasteiger partial charge in [0.05, 0.1) is 30.4 Å². The van der Waals surface area contributed by atoms with Gasteiger partial charge < -0.3 is 14.6 Å². The second-order valence-corrected chi connectivity index (χ2v) is 6.45. The minimum Gasteiger partial charge on any atom is -0.491 e. The van der Waals surface area contributed by atoms with Crippen molar-refractivity contribution in [3.8, 4) is 5.75 Å². The molecule has 0 saturated heterocycles. The van der Waals surface area contributed by atoms with Crippen molar-refractivity contribution in [2.24, 2.45) is 0 Å². The molecule has 1 aromatic carbocycles. The SMILES string of the molecule is CCOC(=O)c1cccc(OC[C@@H](O)Cn2cnc3sccc3c2=O)c1. The summed E-state index contributed by atoms with van der Waals surface area (Å²) in [5.74, 6) is 0.00792. The molecule has 0 bridgehead atoms. The summed E-state index contributed by atoms with van der Waals surface area (Å²) in [5, 5.41) is 12.5. The molecule has 2 aromatic heterocycles. The van der Waals surface area contributed by atoms with E-state index in [2.05, 4.69) is 4.98 Å². The van der Waals surface area contributed by atoms with Crippen LogP contribution in [0.15, 0.2) is 46.8 Å². The van der Waals surface area contributed by atoms with Crippen LogP contribution in [0.5, 0.6) is 5.75 Å². The molecule has 0 unspecified atom stereocenters. The van der Waals surface area contributed by atoms with Crippen LogP contribution in [0.25, 0.3) is 10.2 Å². The molecule has 1 N–H and O–H groups in total. The molecule has 7 nitrogen and oxygen atoms in total. The van der Waals surface area contributed by atoms with Crippen molar-refractivity contribution < 1.29 is 19.4 Å². The number of fused-ring (bicyclic) bond motifs is 1. The molecule has 0 aliphatic heterocycles. The fourth-order valence-corrected chi connectivity index (χ4v) is 3.15. The van der Waals surface area contributed by atoms with Gasteiger partial charge >= 0.3 is 5.97 Å². The second kappa shape index (κ2) is 8.11. The van der Waals surface area contributed by atoms with Crippen LogP contribution in [0.2, 0.25) is 0 Å². The molecule has 136 valence electrons. The third-order valence-electron chi connectivity index (χ3n) is 3.65. The van der Waals surface area contributed by atoms with Gasteiger partial charge in [0, 0.05) is 0 Å². The lowest BCUT2D eigenvalue weighted by Crippen LogP contribution is -2.30. The Balaban J connectivity index is 1.62. The quantitative estimate of drug-likeness (QED) is 0.637. The number of carbonyl (C=O) groups is 1. The number of ether oxygens (including phenoxy) is 2. The maximum absolute atomic E-state index is 12.3. The molecule has 3 rings (SSSR count). The van der Waals surface area contributed by atoms with Crippen LogP contribution in [0.4, 0.5) is 0 Å². The van der Waals surface area contributed by atoms with Crippen LogP contribution in [-0.4, -0.2) is 39.9 Å². The van der Waals surface area contributed by atoms with Gasteiger partial charge in [-0.25, -0.2) is 9.78 Å². The number of hydrogen-bond acceptors (Lipinski definition) is 7. The highest BCUT2D eigenvalue weighted by atomic mass is 32.1. The number of hydrogen-bond donors (Lipinski definition) is 1. The van der Waals surface area contributed by atoms with Crippen molar-refractivity contribution in [2.75, 3.05) is 13.2 Å². The van der Waals surface area contributed by atoms with Crippen molar-refractivity contribution >= 4 is 27.5 Å². The van der Waals surface area contributed by atoms with E-state index in [0.29, 0.717) is 28.1 Å². The van der Waals surface area contributed by atoms with Gasteiger partial charge in [-0.15, -0.1) is 11.3 Å². The number of carbonyl (C=O) groups excluding carboxylic acids is 1. The lowest BCUT2D eigenvalue weighted by Gasteiger charge is -2.14. The van der Waals surface area contributed by atoms with E-state index >= 15 is 0 Å². The van der Waals surface area contributed by atoms with E-state index in [1.54, 1.807) is 42.6 Å². The molecule has 1 atom stereocenters. The van der Waals surface area contributed by atoms with E-state index in [0.717, 1.165) is 0 Å². The van der Waals surface area contributed by atoms with E-state index in [-0.39, 0.29) is 18.7 Å². The smallest absolute Gasteiger partial charge is 0.338 e. The third kappa shape index (κ3) is 4.09. The lowest BCUT2D eigenvalue weighted by molar-refractivity contribution is 0.0525. The molecule has 26 heavy (non-hydrogen) atoms. The average molecular weight is 374 g/mol. The molecule has 2 heterocycles. The Kier molecular flexibility index (Phi) is 5.65. The fraction of sp³-hybridized carbons (Fsp3) is 0.278. The molecule has 0 amide bonds. The summed E-state index contributed by atoms with van der Waals surface area (Å²) in [7, 11) is 0. The zero-order valence-electron chi connectivity index (χ0n) is 14.1. The first kappa shape index (κ1) is 18.1. The molecule has 0 saturated carbocycles. The van der Waals surface area contributed by atoms with Crippen molar-refractivity contribution in [3.05, 3.63) is 58.0 Å². The van der Waals surface area contributed by atoms with Gasteiger partial charge in [-0.3, -0.25) is 9.36 Å². The molecular formula is C18H18N2O5S. The number of benzene rings is 1. The van der Waals surface area contributed by atoms with Crippen molar-refractivity contribution in [1.29, 1.82) is 0 Å². The number of aromatic nitrogens is 2. The minimum absolute atomic E-state index is 0.0274. The maximum Gasteiger partial charge on any atom is 0.338 e. The highest BCUT2D eigenvalue weighted by molar-refractivity contribution is 7.16. The first-order chi connectivity index (χ1) is 12.6. The van der Waals surface area contributed by atoms with E-state index in [1.807, 2.05) is 0 Å². The summed E-state index contributed by atoms with van der Waals surface area (Å²) in [5.41, 5.74) is 0.182. The normalized spacial score (nSPS) is 12.1. The minimum atomic E-state index is -0.906. The topological polar surface area (TPSA) is 90.7 Å². The van der Waals surface area contributed by atoms with Crippen LogP contribution >= 0.6 is 11.3 Å². The Bertz CT molecular complexity index is 965. The standard InChI is InChI=1S/C18H18N2O5S/c1-2-24-18(23)12-4-3-5-14(8-12)25-10-13(21)9-20-11-19-16-15(17(20)22)6-7-26-16/h3-8,11,13,21H,2,9-10H2,1H3/t13-/m0/s1. The third-order valence-corrected chi connectivity index (χ3v) is 4.47. The Morgan fingerprint density at radius 3 is 3.04 bits per heavy atom. The van der Waals surface area contributed by atoms with Crippen molar-refractivity contribution in [3.63, 3.8) is 0 Å².